The first-order valence-electron chi connectivity index (χ1n) is 12.0. The Labute approximate surface area is 202 Å². The second kappa shape index (κ2) is 10.9. The highest BCUT2D eigenvalue weighted by Gasteiger charge is 2.29. The highest BCUT2D eigenvalue weighted by atomic mass is 16.4. The molecule has 1 saturated heterocycles. The molecule has 0 aromatic heterocycles. The Morgan fingerprint density at radius 1 is 1.06 bits per heavy atom. The van der Waals surface area contributed by atoms with E-state index in [0.29, 0.717) is 6.54 Å². The van der Waals surface area contributed by atoms with Gasteiger partial charge in [0.2, 0.25) is 5.91 Å². The summed E-state index contributed by atoms with van der Waals surface area (Å²) in [5, 5.41) is 13.1. The van der Waals surface area contributed by atoms with E-state index in [1.165, 1.54) is 0 Å². The lowest BCUT2D eigenvalue weighted by Crippen LogP contribution is -2.48. The van der Waals surface area contributed by atoms with Gasteiger partial charge in [0.25, 0.3) is 0 Å². The predicted molar refractivity (Wildman–Crippen MR) is 137 cm³/mol. The maximum Gasteiger partial charge on any atom is 0.312 e. The van der Waals surface area contributed by atoms with E-state index in [0.717, 1.165) is 65.1 Å². The molecule has 0 spiro atoms. The maximum atomic E-state index is 13.0. The topological polar surface area (TPSA) is 98.9 Å². The van der Waals surface area contributed by atoms with E-state index in [4.69, 9.17) is 5.73 Å². The van der Waals surface area contributed by atoms with E-state index in [-0.39, 0.29) is 18.5 Å². The van der Waals surface area contributed by atoms with Gasteiger partial charge in [-0.15, -0.1) is 0 Å². The number of carboxylic acids is 1. The molecule has 7 nitrogen and oxygen atoms in total. The number of amides is 1. The Morgan fingerprint density at radius 3 is 2.15 bits per heavy atom. The van der Waals surface area contributed by atoms with E-state index >= 15 is 0 Å². The largest absolute Gasteiger partial charge is 0.481 e. The molecule has 1 aliphatic rings. The number of likely N-dealkylation sites (N-methyl/N-ethyl adjacent to an activating group) is 1. The number of hydrogen-bond donors (Lipinski definition) is 3. The van der Waals surface area contributed by atoms with Gasteiger partial charge < -0.3 is 26.0 Å². The molecule has 1 aliphatic heterocycles. The number of rotatable bonds is 8. The van der Waals surface area contributed by atoms with Gasteiger partial charge in [-0.2, -0.15) is 0 Å². The number of nitrogen functional groups attached to an aromatic ring is 1. The maximum absolute atomic E-state index is 13.0. The molecule has 7 heteroatoms. The number of carboxylic acid groups (broad SMARTS) is 1. The number of anilines is 2. The summed E-state index contributed by atoms with van der Waals surface area (Å²) in [6, 6.07) is 9.55. The Balaban J connectivity index is 1.55. The van der Waals surface area contributed by atoms with Crippen LogP contribution in [-0.2, 0) is 9.59 Å². The molecule has 4 N–H and O–H groups in total. The number of nitrogens with one attached hydrogen (secondary N) is 1. The molecule has 1 amide bonds. The second-order valence-electron chi connectivity index (χ2n) is 9.48. The SMILES string of the molecule is Cc1c(C)c(NCC(=O)N(C)C2CCN(CC(C(=O)O)c3ccccc3)CC2)c(C)c(C)c1N. The number of carbonyl (C=O) groups is 2. The zero-order valence-corrected chi connectivity index (χ0v) is 21.0. The minimum absolute atomic E-state index is 0.0529. The Hall–Kier alpha value is -3.06. The molecule has 0 aliphatic carbocycles. The number of benzene rings is 2. The number of aliphatic carboxylic acids is 1. The van der Waals surface area contributed by atoms with Crippen LogP contribution in [0.1, 0.15) is 46.6 Å². The van der Waals surface area contributed by atoms with E-state index in [2.05, 4.69) is 10.2 Å². The predicted octanol–water partition coefficient (Wildman–Crippen LogP) is 3.71. The normalized spacial score (nSPS) is 15.7. The van der Waals surface area contributed by atoms with Gasteiger partial charge in [0.1, 0.15) is 0 Å². The lowest BCUT2D eigenvalue weighted by molar-refractivity contribution is -0.139. The number of likely N-dealkylation sites (tertiary alicyclic amines) is 1. The first-order chi connectivity index (χ1) is 16.1. The van der Waals surface area contributed by atoms with Crippen LogP contribution >= 0.6 is 0 Å². The van der Waals surface area contributed by atoms with Gasteiger partial charge in [-0.25, -0.2) is 0 Å². The van der Waals surface area contributed by atoms with Crippen molar-refractivity contribution in [2.45, 2.75) is 52.5 Å². The second-order valence-corrected chi connectivity index (χ2v) is 9.48. The van der Waals surface area contributed by atoms with Crippen LogP contribution in [0.15, 0.2) is 30.3 Å². The molecule has 2 aromatic rings. The molecule has 3 rings (SSSR count). The van der Waals surface area contributed by atoms with Gasteiger partial charge in [-0.1, -0.05) is 30.3 Å². The molecule has 1 unspecified atom stereocenters. The molecule has 184 valence electrons. The summed E-state index contributed by atoms with van der Waals surface area (Å²) in [6.07, 6.45) is 1.67. The Kier molecular flexibility index (Phi) is 8.20. The minimum atomic E-state index is -0.801. The monoisotopic (exact) mass is 466 g/mol. The van der Waals surface area contributed by atoms with Crippen molar-refractivity contribution in [3.63, 3.8) is 0 Å². The van der Waals surface area contributed by atoms with Crippen molar-refractivity contribution >= 4 is 23.3 Å². The van der Waals surface area contributed by atoms with Crippen LogP contribution in [0, 0.1) is 27.7 Å². The molecule has 0 saturated carbocycles. The van der Waals surface area contributed by atoms with Crippen LogP contribution in [0.4, 0.5) is 11.4 Å². The van der Waals surface area contributed by atoms with Gasteiger partial charge in [0.15, 0.2) is 0 Å². The molecule has 1 heterocycles. The summed E-state index contributed by atoms with van der Waals surface area (Å²) in [4.78, 5) is 28.8. The summed E-state index contributed by atoms with van der Waals surface area (Å²) >= 11 is 0. The van der Waals surface area contributed by atoms with Crippen molar-refractivity contribution in [2.24, 2.45) is 0 Å². The van der Waals surface area contributed by atoms with Crippen LogP contribution in [-0.4, -0.2) is 66.1 Å². The smallest absolute Gasteiger partial charge is 0.312 e. The lowest BCUT2D eigenvalue weighted by atomic mass is 9.96. The molecule has 1 fully saturated rings. The Morgan fingerprint density at radius 2 is 1.62 bits per heavy atom. The van der Waals surface area contributed by atoms with Gasteiger partial charge >= 0.3 is 5.97 Å². The molecular formula is C27H38N4O3. The molecule has 34 heavy (non-hydrogen) atoms. The van der Waals surface area contributed by atoms with Crippen LogP contribution in [0.2, 0.25) is 0 Å². The number of piperidine rings is 1. The minimum Gasteiger partial charge on any atom is -0.481 e. The molecular weight excluding hydrogens is 428 g/mol. The van der Waals surface area contributed by atoms with Gasteiger partial charge in [0, 0.05) is 44.1 Å². The Bertz CT molecular complexity index is 1000. The van der Waals surface area contributed by atoms with E-state index in [1.54, 1.807) is 0 Å². The molecule has 1 atom stereocenters. The summed E-state index contributed by atoms with van der Waals surface area (Å²) in [6.45, 7) is 10.4. The van der Waals surface area contributed by atoms with E-state index < -0.39 is 11.9 Å². The van der Waals surface area contributed by atoms with Crippen LogP contribution in [0.3, 0.4) is 0 Å². The number of carbonyl (C=O) groups excluding carboxylic acids is 1. The van der Waals surface area contributed by atoms with Crippen molar-refractivity contribution < 1.29 is 14.7 Å². The first kappa shape index (κ1) is 25.6. The van der Waals surface area contributed by atoms with Crippen molar-refractivity contribution in [1.29, 1.82) is 0 Å². The summed E-state index contributed by atoms with van der Waals surface area (Å²) in [5.74, 6) is -1.29. The quantitative estimate of drug-likeness (QED) is 0.513. The zero-order valence-electron chi connectivity index (χ0n) is 21.0. The molecule has 2 aromatic carbocycles. The fourth-order valence-electron chi connectivity index (χ4n) is 4.86. The third-order valence-electron chi connectivity index (χ3n) is 7.54. The van der Waals surface area contributed by atoms with Crippen molar-refractivity contribution in [1.82, 2.24) is 9.80 Å². The fourth-order valence-corrected chi connectivity index (χ4v) is 4.86. The van der Waals surface area contributed by atoms with E-state index in [9.17, 15) is 14.7 Å². The summed E-state index contributed by atoms with van der Waals surface area (Å²) in [7, 11) is 1.87. The highest BCUT2D eigenvalue weighted by Crippen LogP contribution is 2.32. The van der Waals surface area contributed by atoms with Crippen LogP contribution in [0.5, 0.6) is 0 Å². The number of nitrogens with two attached hydrogens (primary N) is 1. The van der Waals surface area contributed by atoms with Crippen molar-refractivity contribution in [3.05, 3.63) is 58.1 Å². The van der Waals surface area contributed by atoms with Crippen molar-refractivity contribution in [2.75, 3.05) is 44.3 Å². The van der Waals surface area contributed by atoms with Crippen molar-refractivity contribution in [3.8, 4) is 0 Å². The van der Waals surface area contributed by atoms with Gasteiger partial charge in [-0.3, -0.25) is 9.59 Å². The van der Waals surface area contributed by atoms with Crippen LogP contribution < -0.4 is 11.1 Å². The zero-order chi connectivity index (χ0) is 25.0. The molecule has 0 radical (unpaired) electrons. The first-order valence-corrected chi connectivity index (χ1v) is 12.0. The third-order valence-corrected chi connectivity index (χ3v) is 7.54. The van der Waals surface area contributed by atoms with Crippen LogP contribution in [0.25, 0.3) is 0 Å². The average Bonchev–Trinajstić information content (AvgIpc) is 2.85. The number of hydrogen-bond acceptors (Lipinski definition) is 5. The molecule has 0 bridgehead atoms. The summed E-state index contributed by atoms with van der Waals surface area (Å²) < 4.78 is 0. The highest BCUT2D eigenvalue weighted by molar-refractivity contribution is 5.82. The van der Waals surface area contributed by atoms with Gasteiger partial charge in [0.05, 0.1) is 12.5 Å². The fraction of sp³-hybridized carbons (Fsp3) is 0.481. The van der Waals surface area contributed by atoms with E-state index in [1.807, 2.05) is 70.0 Å². The lowest BCUT2D eigenvalue weighted by Gasteiger charge is -2.37. The third kappa shape index (κ3) is 5.53. The standard InChI is InChI=1S/C27H38N4O3/c1-17-19(3)26(20(4)18(2)25(17)28)29-15-24(32)30(5)22-11-13-31(14-12-22)16-23(27(33)34)21-9-7-6-8-10-21/h6-10,22-23,29H,11-16,28H2,1-5H3,(H,33,34). The number of nitrogens with zero attached hydrogens (tertiary/aromatic N) is 2. The van der Waals surface area contributed by atoms with Gasteiger partial charge in [-0.05, 0) is 68.4 Å². The average molecular weight is 467 g/mol. The summed E-state index contributed by atoms with van der Waals surface area (Å²) in [5.41, 5.74) is 13.1.